The Morgan fingerprint density at radius 3 is 2.81 bits per heavy atom. The van der Waals surface area contributed by atoms with Gasteiger partial charge < -0.3 is 4.74 Å². The molecular weight excluding hydrogens is 200 g/mol. The molecule has 1 aliphatic heterocycles. The highest BCUT2D eigenvalue weighted by molar-refractivity contribution is 5.99. The monoisotopic (exact) mass is 216 g/mol. The van der Waals surface area contributed by atoms with Gasteiger partial charge in [-0.25, -0.2) is 0 Å². The molecule has 0 unspecified atom stereocenters. The summed E-state index contributed by atoms with van der Waals surface area (Å²) in [7, 11) is 0. The highest BCUT2D eigenvalue weighted by atomic mass is 16.5. The van der Waals surface area contributed by atoms with Crippen molar-refractivity contribution < 1.29 is 9.53 Å². The minimum Gasteiger partial charge on any atom is -0.492 e. The summed E-state index contributed by atoms with van der Waals surface area (Å²) in [6.45, 7) is 5.03. The van der Waals surface area contributed by atoms with Crippen LogP contribution in [0.15, 0.2) is 18.2 Å². The van der Waals surface area contributed by atoms with Crippen LogP contribution in [0.1, 0.15) is 42.6 Å². The van der Waals surface area contributed by atoms with Gasteiger partial charge in [-0.15, -0.1) is 0 Å². The van der Waals surface area contributed by atoms with Gasteiger partial charge in [0, 0.05) is 22.5 Å². The van der Waals surface area contributed by atoms with Gasteiger partial charge in [0.05, 0.1) is 6.61 Å². The summed E-state index contributed by atoms with van der Waals surface area (Å²) in [6, 6.07) is 5.88. The Labute approximate surface area is 95.6 Å². The summed E-state index contributed by atoms with van der Waals surface area (Å²) in [5.74, 6) is 1.55. The quantitative estimate of drug-likeness (QED) is 0.710. The summed E-state index contributed by atoms with van der Waals surface area (Å²) in [6.07, 6.45) is 2.13. The largest absolute Gasteiger partial charge is 0.492 e. The van der Waals surface area contributed by atoms with Crippen LogP contribution in [0.5, 0.6) is 5.75 Å². The first-order chi connectivity index (χ1) is 7.58. The van der Waals surface area contributed by atoms with Gasteiger partial charge in [0.15, 0.2) is 5.78 Å². The number of Topliss-reactive ketones (excluding diaryl/α,β-unsaturated/α-hetero) is 1. The van der Waals surface area contributed by atoms with Crippen molar-refractivity contribution >= 4 is 5.78 Å². The second-order valence-corrected chi connectivity index (χ2v) is 5.52. The number of carbonyl (C=O) groups excluding carboxylic acids is 1. The van der Waals surface area contributed by atoms with Crippen LogP contribution in [0.4, 0.5) is 0 Å². The molecule has 0 amide bonds. The van der Waals surface area contributed by atoms with E-state index in [-0.39, 0.29) is 5.41 Å². The van der Waals surface area contributed by atoms with Crippen LogP contribution in [0.2, 0.25) is 0 Å². The molecule has 1 saturated carbocycles. The lowest BCUT2D eigenvalue weighted by Gasteiger charge is -2.15. The van der Waals surface area contributed by atoms with E-state index >= 15 is 0 Å². The third-order valence-corrected chi connectivity index (χ3v) is 3.53. The smallest absolute Gasteiger partial charge is 0.165 e. The van der Waals surface area contributed by atoms with Gasteiger partial charge in [-0.2, -0.15) is 0 Å². The summed E-state index contributed by atoms with van der Waals surface area (Å²) in [5, 5.41) is 0. The van der Waals surface area contributed by atoms with Crippen LogP contribution in [0.25, 0.3) is 0 Å². The van der Waals surface area contributed by atoms with E-state index in [9.17, 15) is 4.79 Å². The number of fused-ring (bicyclic) bond motifs is 1. The summed E-state index contributed by atoms with van der Waals surface area (Å²) >= 11 is 0. The van der Waals surface area contributed by atoms with Crippen LogP contribution in [0, 0.1) is 5.92 Å². The third-order valence-electron chi connectivity index (χ3n) is 3.53. The van der Waals surface area contributed by atoms with Crippen molar-refractivity contribution in [2.45, 2.75) is 32.1 Å². The fourth-order valence-corrected chi connectivity index (χ4v) is 2.26. The van der Waals surface area contributed by atoms with Crippen LogP contribution >= 0.6 is 0 Å². The minimum atomic E-state index is 0.0369. The number of ether oxygens (including phenoxy) is 1. The normalized spacial score (nSPS) is 21.4. The van der Waals surface area contributed by atoms with Gasteiger partial charge in [0.1, 0.15) is 5.75 Å². The van der Waals surface area contributed by atoms with Crippen molar-refractivity contribution in [3.05, 3.63) is 29.3 Å². The first-order valence-corrected chi connectivity index (χ1v) is 5.89. The zero-order valence-corrected chi connectivity index (χ0v) is 9.75. The zero-order valence-electron chi connectivity index (χ0n) is 9.75. The van der Waals surface area contributed by atoms with Crippen molar-refractivity contribution in [3.8, 4) is 5.75 Å². The lowest BCUT2D eigenvalue weighted by Crippen LogP contribution is -2.18. The van der Waals surface area contributed by atoms with Crippen molar-refractivity contribution in [1.29, 1.82) is 0 Å². The Bertz CT molecular complexity index is 456. The summed E-state index contributed by atoms with van der Waals surface area (Å²) in [4.78, 5) is 12.0. The van der Waals surface area contributed by atoms with Crippen molar-refractivity contribution in [3.63, 3.8) is 0 Å². The van der Waals surface area contributed by atoms with Crippen LogP contribution < -0.4 is 4.74 Å². The van der Waals surface area contributed by atoms with E-state index in [2.05, 4.69) is 13.8 Å². The SMILES string of the molecule is CC1(C)COc2ccc(C(=O)C3CC3)cc21. The molecule has 2 nitrogen and oxygen atoms in total. The minimum absolute atomic E-state index is 0.0369. The molecule has 1 heterocycles. The fraction of sp³-hybridized carbons (Fsp3) is 0.500. The maximum atomic E-state index is 12.0. The maximum Gasteiger partial charge on any atom is 0.165 e. The van der Waals surface area contributed by atoms with Crippen LogP contribution in [-0.2, 0) is 5.41 Å². The topological polar surface area (TPSA) is 26.3 Å². The second-order valence-electron chi connectivity index (χ2n) is 5.52. The first kappa shape index (κ1) is 9.88. The Morgan fingerprint density at radius 1 is 1.38 bits per heavy atom. The molecule has 2 heteroatoms. The third kappa shape index (κ3) is 1.44. The molecule has 0 aromatic heterocycles. The van der Waals surface area contributed by atoms with E-state index in [0.29, 0.717) is 18.3 Å². The maximum absolute atomic E-state index is 12.0. The van der Waals surface area contributed by atoms with Gasteiger partial charge in [-0.1, -0.05) is 13.8 Å². The number of hydrogen-bond acceptors (Lipinski definition) is 2. The molecule has 2 aliphatic rings. The zero-order chi connectivity index (χ0) is 11.3. The number of carbonyl (C=O) groups is 1. The highest BCUT2D eigenvalue weighted by Crippen LogP contribution is 2.40. The summed E-state index contributed by atoms with van der Waals surface area (Å²) < 4.78 is 5.61. The van der Waals surface area contributed by atoms with E-state index in [1.54, 1.807) is 0 Å². The average molecular weight is 216 g/mol. The van der Waals surface area contributed by atoms with Crippen molar-refractivity contribution in [2.75, 3.05) is 6.61 Å². The molecule has 0 atom stereocenters. The van der Waals surface area contributed by atoms with Gasteiger partial charge >= 0.3 is 0 Å². The van der Waals surface area contributed by atoms with E-state index in [1.807, 2.05) is 18.2 Å². The second kappa shape index (κ2) is 3.09. The molecule has 0 bridgehead atoms. The van der Waals surface area contributed by atoms with E-state index in [4.69, 9.17) is 4.74 Å². The van der Waals surface area contributed by atoms with Crippen LogP contribution in [0.3, 0.4) is 0 Å². The van der Waals surface area contributed by atoms with Gasteiger partial charge in [0.25, 0.3) is 0 Å². The molecule has 16 heavy (non-hydrogen) atoms. The molecule has 1 aliphatic carbocycles. The molecule has 0 spiro atoms. The van der Waals surface area contributed by atoms with Gasteiger partial charge in [-0.05, 0) is 31.0 Å². The van der Waals surface area contributed by atoms with Gasteiger partial charge in [-0.3, -0.25) is 4.79 Å². The molecule has 0 N–H and O–H groups in total. The molecule has 1 fully saturated rings. The average Bonchev–Trinajstić information content (AvgIpc) is 3.05. The van der Waals surface area contributed by atoms with Crippen LogP contribution in [-0.4, -0.2) is 12.4 Å². The molecule has 1 aromatic carbocycles. The Kier molecular flexibility index (Phi) is 1.91. The first-order valence-electron chi connectivity index (χ1n) is 5.89. The number of benzene rings is 1. The lowest BCUT2D eigenvalue weighted by molar-refractivity contribution is 0.0967. The van der Waals surface area contributed by atoms with E-state index in [0.717, 1.165) is 24.2 Å². The predicted molar refractivity (Wildman–Crippen MR) is 62.0 cm³/mol. The van der Waals surface area contributed by atoms with Crippen molar-refractivity contribution in [1.82, 2.24) is 0 Å². The molecular formula is C14H16O2. The lowest BCUT2D eigenvalue weighted by atomic mass is 9.85. The van der Waals surface area contributed by atoms with E-state index < -0.39 is 0 Å². The molecule has 0 saturated heterocycles. The Morgan fingerprint density at radius 2 is 2.12 bits per heavy atom. The fourth-order valence-electron chi connectivity index (χ4n) is 2.26. The van der Waals surface area contributed by atoms with E-state index in [1.165, 1.54) is 5.56 Å². The number of rotatable bonds is 2. The Hall–Kier alpha value is -1.31. The predicted octanol–water partition coefficient (Wildman–Crippen LogP) is 2.95. The number of ketones is 1. The molecule has 3 rings (SSSR count). The summed E-state index contributed by atoms with van der Waals surface area (Å²) in [5.41, 5.74) is 2.08. The molecule has 0 radical (unpaired) electrons. The van der Waals surface area contributed by atoms with Crippen molar-refractivity contribution in [2.24, 2.45) is 5.92 Å². The molecule has 1 aromatic rings. The standard InChI is InChI=1S/C14H16O2/c1-14(2)8-16-12-6-5-10(7-11(12)14)13(15)9-3-4-9/h5-7,9H,3-4,8H2,1-2H3. The highest BCUT2D eigenvalue weighted by Gasteiger charge is 2.35. The molecule has 84 valence electrons. The number of hydrogen-bond donors (Lipinski definition) is 0. The van der Waals surface area contributed by atoms with Gasteiger partial charge in [0.2, 0.25) is 0 Å². The Balaban J connectivity index is 2.01.